The fourth-order valence-corrected chi connectivity index (χ4v) is 1.24. The predicted octanol–water partition coefficient (Wildman–Crippen LogP) is 1.60. The number of hydrogen-bond acceptors (Lipinski definition) is 3. The van der Waals surface area contributed by atoms with Gasteiger partial charge in [0.15, 0.2) is 0 Å². The summed E-state index contributed by atoms with van der Waals surface area (Å²) in [6.45, 7) is 2.44. The van der Waals surface area contributed by atoms with Crippen molar-refractivity contribution in [2.24, 2.45) is 5.73 Å². The van der Waals surface area contributed by atoms with Crippen molar-refractivity contribution in [3.63, 3.8) is 0 Å². The normalized spacial score (nSPS) is 11.2. The van der Waals surface area contributed by atoms with E-state index in [-0.39, 0.29) is 18.3 Å². The van der Waals surface area contributed by atoms with Crippen LogP contribution in [0.3, 0.4) is 0 Å². The van der Waals surface area contributed by atoms with Crippen LogP contribution in [0, 0.1) is 0 Å². The number of carbonyl (C=O) groups excluding carboxylic acids is 1. The third-order valence-corrected chi connectivity index (χ3v) is 2.11. The third-order valence-electron chi connectivity index (χ3n) is 1.88. The van der Waals surface area contributed by atoms with Crippen molar-refractivity contribution in [1.29, 1.82) is 0 Å². The van der Waals surface area contributed by atoms with Gasteiger partial charge in [0.05, 0.1) is 12.6 Å². The molecule has 0 bridgehead atoms. The lowest BCUT2D eigenvalue weighted by molar-refractivity contribution is -0.122. The molecule has 0 saturated carbocycles. The number of amides is 1. The molecule has 0 aliphatic heterocycles. The number of carbonyl (C=O) groups is 1. The van der Waals surface area contributed by atoms with Gasteiger partial charge in [0, 0.05) is 5.02 Å². The quantitative estimate of drug-likeness (QED) is 0.805. The lowest BCUT2D eigenvalue weighted by atomic mass is 10.3. The van der Waals surface area contributed by atoms with Crippen molar-refractivity contribution in [3.05, 3.63) is 29.3 Å². The zero-order valence-electron chi connectivity index (χ0n) is 9.48. The second kappa shape index (κ2) is 8.17. The molecule has 1 rings (SSSR count). The van der Waals surface area contributed by atoms with Crippen LogP contribution in [0.15, 0.2) is 24.3 Å². The first-order valence-corrected chi connectivity index (χ1v) is 5.39. The highest BCUT2D eigenvalue weighted by Gasteiger charge is 2.05. The minimum absolute atomic E-state index is 0. The first-order chi connectivity index (χ1) is 7.59. The van der Waals surface area contributed by atoms with Crippen molar-refractivity contribution in [1.82, 2.24) is 5.32 Å². The summed E-state index contributed by atoms with van der Waals surface area (Å²) in [6, 6.07) is 6.60. The molecule has 1 atom stereocenters. The average Bonchev–Trinajstić information content (AvgIpc) is 2.24. The molecule has 0 aromatic heterocycles. The highest BCUT2D eigenvalue weighted by atomic mass is 35.5. The van der Waals surface area contributed by atoms with Gasteiger partial charge in [0.25, 0.3) is 0 Å². The van der Waals surface area contributed by atoms with Gasteiger partial charge in [-0.15, -0.1) is 12.4 Å². The molecule has 0 unspecified atom stereocenters. The van der Waals surface area contributed by atoms with E-state index in [0.29, 0.717) is 23.9 Å². The Balaban J connectivity index is 0.00000256. The molecular weight excluding hydrogens is 263 g/mol. The molecule has 3 N–H and O–H groups in total. The highest BCUT2D eigenvalue weighted by Crippen LogP contribution is 2.16. The Bertz CT molecular complexity index is 359. The molecule has 0 saturated heterocycles. The van der Waals surface area contributed by atoms with Crippen LogP contribution >= 0.6 is 24.0 Å². The van der Waals surface area contributed by atoms with Crippen LogP contribution in [-0.4, -0.2) is 25.1 Å². The average molecular weight is 279 g/mol. The van der Waals surface area contributed by atoms with Gasteiger partial charge >= 0.3 is 0 Å². The molecular formula is C11H16Cl2N2O2. The maximum Gasteiger partial charge on any atom is 0.236 e. The van der Waals surface area contributed by atoms with Crippen molar-refractivity contribution in [2.75, 3.05) is 13.2 Å². The third kappa shape index (κ3) is 6.36. The first-order valence-electron chi connectivity index (χ1n) is 5.01. The Morgan fingerprint density at radius 2 is 2.29 bits per heavy atom. The van der Waals surface area contributed by atoms with Crippen LogP contribution in [0.2, 0.25) is 5.02 Å². The Labute approximate surface area is 112 Å². The number of nitrogens with one attached hydrogen (secondary N) is 1. The van der Waals surface area contributed by atoms with Gasteiger partial charge in [0.1, 0.15) is 12.4 Å². The van der Waals surface area contributed by atoms with Crippen LogP contribution in [0.5, 0.6) is 5.75 Å². The zero-order chi connectivity index (χ0) is 12.0. The smallest absolute Gasteiger partial charge is 0.236 e. The monoisotopic (exact) mass is 278 g/mol. The summed E-state index contributed by atoms with van der Waals surface area (Å²) in [7, 11) is 0. The zero-order valence-corrected chi connectivity index (χ0v) is 11.1. The lowest BCUT2D eigenvalue weighted by Crippen LogP contribution is -2.40. The van der Waals surface area contributed by atoms with Crippen molar-refractivity contribution in [3.8, 4) is 5.75 Å². The van der Waals surface area contributed by atoms with E-state index >= 15 is 0 Å². The van der Waals surface area contributed by atoms with E-state index in [1.54, 1.807) is 31.2 Å². The SMILES string of the molecule is C[C@@H](N)C(=O)NCCOc1cccc(Cl)c1.Cl. The predicted molar refractivity (Wildman–Crippen MR) is 70.9 cm³/mol. The van der Waals surface area contributed by atoms with Crippen molar-refractivity contribution < 1.29 is 9.53 Å². The molecule has 1 amide bonds. The fourth-order valence-electron chi connectivity index (χ4n) is 1.06. The maximum absolute atomic E-state index is 11.1. The van der Waals surface area contributed by atoms with Gasteiger partial charge in [-0.2, -0.15) is 0 Å². The standard InChI is InChI=1S/C11H15ClN2O2.ClH/c1-8(13)11(15)14-5-6-16-10-4-2-3-9(12)7-10;/h2-4,7-8H,5-6,13H2,1H3,(H,14,15);1H/t8-;/m1./s1. The van der Waals surface area contributed by atoms with E-state index in [4.69, 9.17) is 22.1 Å². The molecule has 0 heterocycles. The highest BCUT2D eigenvalue weighted by molar-refractivity contribution is 6.30. The van der Waals surface area contributed by atoms with E-state index in [1.807, 2.05) is 0 Å². The maximum atomic E-state index is 11.1. The summed E-state index contributed by atoms with van der Waals surface area (Å²) < 4.78 is 5.38. The van der Waals surface area contributed by atoms with Gasteiger partial charge < -0.3 is 15.8 Å². The van der Waals surface area contributed by atoms with E-state index in [1.165, 1.54) is 0 Å². The topological polar surface area (TPSA) is 64.4 Å². The largest absolute Gasteiger partial charge is 0.492 e. The summed E-state index contributed by atoms with van der Waals surface area (Å²) >= 11 is 5.78. The van der Waals surface area contributed by atoms with Crippen LogP contribution in [-0.2, 0) is 4.79 Å². The van der Waals surface area contributed by atoms with Crippen molar-refractivity contribution >= 4 is 29.9 Å². The van der Waals surface area contributed by atoms with Crippen LogP contribution in [0.1, 0.15) is 6.92 Å². The number of halogens is 2. The summed E-state index contributed by atoms with van der Waals surface area (Å²) in [5.74, 6) is 0.497. The second-order valence-electron chi connectivity index (χ2n) is 3.39. The van der Waals surface area contributed by atoms with Crippen LogP contribution < -0.4 is 15.8 Å². The molecule has 96 valence electrons. The first kappa shape index (κ1) is 16.0. The molecule has 0 fully saturated rings. The van der Waals surface area contributed by atoms with Crippen LogP contribution in [0.4, 0.5) is 0 Å². The minimum atomic E-state index is -0.494. The summed E-state index contributed by atoms with van der Waals surface area (Å²) in [5.41, 5.74) is 5.38. The number of rotatable bonds is 5. The fraction of sp³-hybridized carbons (Fsp3) is 0.364. The van der Waals surface area contributed by atoms with E-state index in [9.17, 15) is 4.79 Å². The molecule has 1 aromatic carbocycles. The van der Waals surface area contributed by atoms with Gasteiger partial charge in [-0.3, -0.25) is 4.79 Å². The number of nitrogens with two attached hydrogens (primary N) is 1. The number of ether oxygens (including phenoxy) is 1. The Morgan fingerprint density at radius 3 is 2.88 bits per heavy atom. The van der Waals surface area contributed by atoms with E-state index in [0.717, 1.165) is 0 Å². The van der Waals surface area contributed by atoms with Crippen molar-refractivity contribution in [2.45, 2.75) is 13.0 Å². The molecule has 6 heteroatoms. The Morgan fingerprint density at radius 1 is 1.59 bits per heavy atom. The molecule has 0 radical (unpaired) electrons. The molecule has 1 aromatic rings. The Hall–Kier alpha value is -0.970. The summed E-state index contributed by atoms with van der Waals surface area (Å²) in [6.07, 6.45) is 0. The van der Waals surface area contributed by atoms with Gasteiger partial charge in [-0.05, 0) is 25.1 Å². The van der Waals surface area contributed by atoms with E-state index in [2.05, 4.69) is 5.32 Å². The minimum Gasteiger partial charge on any atom is -0.492 e. The summed E-state index contributed by atoms with van der Waals surface area (Å²) in [4.78, 5) is 11.1. The summed E-state index contributed by atoms with van der Waals surface area (Å²) in [5, 5.41) is 3.27. The Kier molecular flexibility index (Phi) is 7.70. The molecule has 4 nitrogen and oxygen atoms in total. The van der Waals surface area contributed by atoms with Gasteiger partial charge in [-0.1, -0.05) is 17.7 Å². The van der Waals surface area contributed by atoms with Gasteiger partial charge in [-0.25, -0.2) is 0 Å². The second-order valence-corrected chi connectivity index (χ2v) is 3.82. The molecule has 0 spiro atoms. The lowest BCUT2D eigenvalue weighted by Gasteiger charge is -2.09. The van der Waals surface area contributed by atoms with Crippen LogP contribution in [0.25, 0.3) is 0 Å². The van der Waals surface area contributed by atoms with E-state index < -0.39 is 6.04 Å². The molecule has 0 aliphatic carbocycles. The molecule has 17 heavy (non-hydrogen) atoms. The number of benzene rings is 1. The molecule has 0 aliphatic rings. The number of hydrogen-bond donors (Lipinski definition) is 2. The van der Waals surface area contributed by atoms with Gasteiger partial charge in [0.2, 0.25) is 5.91 Å².